The molecule has 0 amide bonds. The van der Waals surface area contributed by atoms with E-state index in [4.69, 9.17) is 4.74 Å². The Morgan fingerprint density at radius 2 is 1.71 bits per heavy atom. The van der Waals surface area contributed by atoms with Crippen molar-refractivity contribution in [3.8, 4) is 11.1 Å². The zero-order chi connectivity index (χ0) is 17.2. The Balaban J connectivity index is 1.81. The fourth-order valence-corrected chi connectivity index (χ4v) is 2.88. The predicted octanol–water partition coefficient (Wildman–Crippen LogP) is 4.13. The van der Waals surface area contributed by atoms with Crippen molar-refractivity contribution in [2.75, 3.05) is 31.2 Å². The normalized spacial score (nSPS) is 16.9. The van der Waals surface area contributed by atoms with Crippen molar-refractivity contribution in [2.45, 2.75) is 33.6 Å². The van der Waals surface area contributed by atoms with Crippen molar-refractivity contribution in [3.05, 3.63) is 42.2 Å². The molecule has 0 bridgehead atoms. The second kappa shape index (κ2) is 6.89. The van der Waals surface area contributed by atoms with Gasteiger partial charge in [-0.2, -0.15) is 0 Å². The van der Waals surface area contributed by atoms with E-state index in [1.807, 2.05) is 12.4 Å². The molecule has 3 rings (SSSR count). The summed E-state index contributed by atoms with van der Waals surface area (Å²) in [7, 11) is 0. The maximum Gasteiger partial charge on any atom is 0.225 e. The second-order valence-electron chi connectivity index (χ2n) is 7.58. The third kappa shape index (κ3) is 3.75. The predicted molar refractivity (Wildman–Crippen MR) is 98.4 cm³/mol. The first-order valence-corrected chi connectivity index (χ1v) is 8.70. The van der Waals surface area contributed by atoms with E-state index >= 15 is 0 Å². The molecule has 1 aromatic carbocycles. The van der Waals surface area contributed by atoms with Gasteiger partial charge < -0.3 is 9.64 Å². The summed E-state index contributed by atoms with van der Waals surface area (Å²) < 4.78 is 5.38. The topological polar surface area (TPSA) is 38.2 Å². The molecular formula is C20H27N3O. The van der Waals surface area contributed by atoms with E-state index < -0.39 is 0 Å². The van der Waals surface area contributed by atoms with Gasteiger partial charge in [0.2, 0.25) is 5.95 Å². The highest BCUT2D eigenvalue weighted by atomic mass is 16.5. The number of aromatic nitrogens is 2. The average molecular weight is 325 g/mol. The number of rotatable bonds is 3. The molecule has 24 heavy (non-hydrogen) atoms. The highest BCUT2D eigenvalue weighted by Gasteiger charge is 2.22. The number of anilines is 1. The van der Waals surface area contributed by atoms with Gasteiger partial charge in [-0.05, 0) is 22.5 Å². The van der Waals surface area contributed by atoms with Crippen LogP contribution >= 0.6 is 0 Å². The average Bonchev–Trinajstić information content (AvgIpc) is 2.61. The zero-order valence-corrected chi connectivity index (χ0v) is 15.1. The van der Waals surface area contributed by atoms with Crippen LogP contribution in [0.15, 0.2) is 36.7 Å². The molecule has 2 aromatic rings. The van der Waals surface area contributed by atoms with E-state index in [0.29, 0.717) is 5.92 Å². The SMILES string of the molecule is C[C@@H](c1cccc(-c2cnc(N3CCOCC3)nc2)c1)C(C)(C)C. The molecule has 1 aliphatic rings. The number of hydrogen-bond donors (Lipinski definition) is 0. The Hall–Kier alpha value is -1.94. The van der Waals surface area contributed by atoms with Crippen LogP contribution in [0.4, 0.5) is 5.95 Å². The maximum atomic E-state index is 5.38. The first kappa shape index (κ1) is 16.9. The molecule has 1 aliphatic heterocycles. The van der Waals surface area contributed by atoms with E-state index in [-0.39, 0.29) is 5.41 Å². The van der Waals surface area contributed by atoms with Crippen LogP contribution in [0.2, 0.25) is 0 Å². The smallest absolute Gasteiger partial charge is 0.225 e. The van der Waals surface area contributed by atoms with Crippen molar-refractivity contribution >= 4 is 5.95 Å². The minimum Gasteiger partial charge on any atom is -0.378 e. The zero-order valence-electron chi connectivity index (χ0n) is 15.1. The molecule has 0 unspecified atom stereocenters. The summed E-state index contributed by atoms with van der Waals surface area (Å²) in [5.74, 6) is 1.28. The van der Waals surface area contributed by atoms with Crippen molar-refractivity contribution in [1.29, 1.82) is 0 Å². The van der Waals surface area contributed by atoms with Gasteiger partial charge in [0.25, 0.3) is 0 Å². The fraction of sp³-hybridized carbons (Fsp3) is 0.500. The largest absolute Gasteiger partial charge is 0.378 e. The highest BCUT2D eigenvalue weighted by Crippen LogP contribution is 2.35. The fourth-order valence-electron chi connectivity index (χ4n) is 2.88. The van der Waals surface area contributed by atoms with Crippen LogP contribution in [-0.4, -0.2) is 36.3 Å². The molecular weight excluding hydrogens is 298 g/mol. The minimum atomic E-state index is 0.245. The molecule has 0 N–H and O–H groups in total. The van der Waals surface area contributed by atoms with Gasteiger partial charge in [0.15, 0.2) is 0 Å². The summed E-state index contributed by atoms with van der Waals surface area (Å²) in [5.41, 5.74) is 3.85. The van der Waals surface area contributed by atoms with Crippen LogP contribution < -0.4 is 4.90 Å². The molecule has 0 saturated carbocycles. The van der Waals surface area contributed by atoms with Gasteiger partial charge in [0.1, 0.15) is 0 Å². The maximum absolute atomic E-state index is 5.38. The summed E-state index contributed by atoms with van der Waals surface area (Å²) in [6.45, 7) is 12.3. The molecule has 1 aromatic heterocycles. The van der Waals surface area contributed by atoms with Gasteiger partial charge in [-0.1, -0.05) is 52.0 Å². The Bertz CT molecular complexity index is 670. The molecule has 1 fully saturated rings. The second-order valence-corrected chi connectivity index (χ2v) is 7.58. The lowest BCUT2D eigenvalue weighted by atomic mass is 9.77. The van der Waals surface area contributed by atoms with Gasteiger partial charge in [-0.25, -0.2) is 9.97 Å². The van der Waals surface area contributed by atoms with Crippen LogP contribution in [0.3, 0.4) is 0 Å². The summed E-state index contributed by atoms with van der Waals surface area (Å²) in [6, 6.07) is 8.74. The molecule has 0 aliphatic carbocycles. The Morgan fingerprint density at radius 1 is 1.04 bits per heavy atom. The summed E-state index contributed by atoms with van der Waals surface area (Å²) >= 11 is 0. The van der Waals surface area contributed by atoms with E-state index in [1.54, 1.807) is 0 Å². The van der Waals surface area contributed by atoms with Crippen molar-refractivity contribution in [3.63, 3.8) is 0 Å². The lowest BCUT2D eigenvalue weighted by Crippen LogP contribution is -2.37. The van der Waals surface area contributed by atoms with Gasteiger partial charge in [0, 0.05) is 31.0 Å². The lowest BCUT2D eigenvalue weighted by Gasteiger charge is -2.28. The molecule has 2 heterocycles. The van der Waals surface area contributed by atoms with Gasteiger partial charge >= 0.3 is 0 Å². The number of benzene rings is 1. The molecule has 4 heteroatoms. The third-order valence-corrected chi connectivity index (χ3v) is 4.95. The van der Waals surface area contributed by atoms with Crippen LogP contribution in [0.25, 0.3) is 11.1 Å². The van der Waals surface area contributed by atoms with E-state index in [9.17, 15) is 0 Å². The van der Waals surface area contributed by atoms with Crippen molar-refractivity contribution < 1.29 is 4.74 Å². The lowest BCUT2D eigenvalue weighted by molar-refractivity contribution is 0.122. The third-order valence-electron chi connectivity index (χ3n) is 4.95. The Labute approximate surface area is 144 Å². The van der Waals surface area contributed by atoms with Crippen molar-refractivity contribution in [2.24, 2.45) is 5.41 Å². The minimum absolute atomic E-state index is 0.245. The molecule has 4 nitrogen and oxygen atoms in total. The van der Waals surface area contributed by atoms with Gasteiger partial charge in [0.05, 0.1) is 13.2 Å². The van der Waals surface area contributed by atoms with Crippen molar-refractivity contribution in [1.82, 2.24) is 9.97 Å². The number of nitrogens with zero attached hydrogens (tertiary/aromatic N) is 3. The standard InChI is InChI=1S/C20H27N3O/c1-15(20(2,3)4)16-6-5-7-17(12-16)18-13-21-19(22-14-18)23-8-10-24-11-9-23/h5-7,12-15H,8-11H2,1-4H3/t15-/m0/s1. The summed E-state index contributed by atoms with van der Waals surface area (Å²) in [5, 5.41) is 0. The first-order valence-electron chi connectivity index (χ1n) is 8.70. The number of ether oxygens (including phenoxy) is 1. The quantitative estimate of drug-likeness (QED) is 0.850. The van der Waals surface area contributed by atoms with Crippen LogP contribution in [-0.2, 0) is 4.74 Å². The van der Waals surface area contributed by atoms with Crippen LogP contribution in [0.5, 0.6) is 0 Å². The van der Waals surface area contributed by atoms with Gasteiger partial charge in [-0.3, -0.25) is 0 Å². The van der Waals surface area contributed by atoms with E-state index in [1.165, 1.54) is 11.1 Å². The van der Waals surface area contributed by atoms with Gasteiger partial charge in [-0.15, -0.1) is 0 Å². The van der Waals surface area contributed by atoms with E-state index in [2.05, 4.69) is 66.8 Å². The number of morpholine rings is 1. The monoisotopic (exact) mass is 325 g/mol. The molecule has 1 atom stereocenters. The first-order chi connectivity index (χ1) is 11.4. The van der Waals surface area contributed by atoms with Crippen LogP contribution in [0, 0.1) is 5.41 Å². The van der Waals surface area contributed by atoms with Crippen LogP contribution in [0.1, 0.15) is 39.2 Å². The van der Waals surface area contributed by atoms with E-state index in [0.717, 1.165) is 37.8 Å². The molecule has 128 valence electrons. The number of hydrogen-bond acceptors (Lipinski definition) is 4. The Morgan fingerprint density at radius 3 is 2.33 bits per heavy atom. The Kier molecular flexibility index (Phi) is 4.86. The molecule has 0 spiro atoms. The summed E-state index contributed by atoms with van der Waals surface area (Å²) in [4.78, 5) is 11.3. The molecule has 0 radical (unpaired) electrons. The highest BCUT2D eigenvalue weighted by molar-refractivity contribution is 5.63. The summed E-state index contributed by atoms with van der Waals surface area (Å²) in [6.07, 6.45) is 3.86. The molecule has 1 saturated heterocycles.